The first-order chi connectivity index (χ1) is 14.2. The van der Waals surface area contributed by atoms with E-state index in [2.05, 4.69) is 46.6 Å². The van der Waals surface area contributed by atoms with E-state index in [-0.39, 0.29) is 6.04 Å². The molecule has 2 aromatic rings. The van der Waals surface area contributed by atoms with Gasteiger partial charge in [-0.1, -0.05) is 36.4 Å². The largest absolute Gasteiger partial charge is 0.497 e. The first-order valence-electron chi connectivity index (χ1n) is 11.0. The van der Waals surface area contributed by atoms with Crippen LogP contribution in [0.2, 0.25) is 0 Å². The van der Waals surface area contributed by atoms with Gasteiger partial charge in [-0.15, -0.1) is 0 Å². The molecule has 3 aliphatic rings. The molecule has 3 unspecified atom stereocenters. The Balaban J connectivity index is 1.40. The SMILES string of the molecule is COc1ccc2c(c1)CN(C(=O)CC1CC3CCC(C1)N3)C(c1ccccc1)C2. The Morgan fingerprint density at radius 1 is 1.07 bits per heavy atom. The molecule has 2 aromatic carbocycles. The van der Waals surface area contributed by atoms with Gasteiger partial charge in [0.05, 0.1) is 13.2 Å². The van der Waals surface area contributed by atoms with Crippen molar-refractivity contribution in [3.8, 4) is 5.75 Å². The van der Waals surface area contributed by atoms with Crippen molar-refractivity contribution in [3.63, 3.8) is 0 Å². The molecule has 3 atom stereocenters. The van der Waals surface area contributed by atoms with Crippen LogP contribution in [0.15, 0.2) is 48.5 Å². The zero-order valence-electron chi connectivity index (χ0n) is 17.1. The van der Waals surface area contributed by atoms with Gasteiger partial charge in [0.25, 0.3) is 0 Å². The highest BCUT2D eigenvalue weighted by Crippen LogP contribution is 2.38. The summed E-state index contributed by atoms with van der Waals surface area (Å²) in [5.41, 5.74) is 3.77. The van der Waals surface area contributed by atoms with E-state index in [4.69, 9.17) is 4.74 Å². The van der Waals surface area contributed by atoms with Crippen LogP contribution < -0.4 is 10.1 Å². The number of ether oxygens (including phenoxy) is 1. The molecule has 0 saturated carbocycles. The normalized spacial score (nSPS) is 28.1. The van der Waals surface area contributed by atoms with Crippen LogP contribution >= 0.6 is 0 Å². The lowest BCUT2D eigenvalue weighted by Gasteiger charge is -2.39. The molecule has 3 aliphatic heterocycles. The van der Waals surface area contributed by atoms with Crippen molar-refractivity contribution in [2.45, 2.75) is 63.2 Å². The molecule has 2 saturated heterocycles. The number of amides is 1. The molecule has 4 heteroatoms. The first kappa shape index (κ1) is 18.7. The van der Waals surface area contributed by atoms with Gasteiger partial charge in [0.15, 0.2) is 0 Å². The van der Waals surface area contributed by atoms with E-state index in [0.717, 1.165) is 25.0 Å². The third-order valence-corrected chi connectivity index (χ3v) is 7.08. The summed E-state index contributed by atoms with van der Waals surface area (Å²) in [6, 6.07) is 18.2. The number of carbonyl (C=O) groups is 1. The predicted molar refractivity (Wildman–Crippen MR) is 114 cm³/mol. The van der Waals surface area contributed by atoms with E-state index in [0.29, 0.717) is 36.9 Å². The zero-order chi connectivity index (χ0) is 19.8. The van der Waals surface area contributed by atoms with Crippen LogP contribution in [0.4, 0.5) is 0 Å². The van der Waals surface area contributed by atoms with Gasteiger partial charge in [-0.25, -0.2) is 0 Å². The second kappa shape index (κ2) is 7.83. The molecule has 0 aromatic heterocycles. The molecular weight excluding hydrogens is 360 g/mol. The van der Waals surface area contributed by atoms with Gasteiger partial charge in [0, 0.05) is 25.0 Å². The average Bonchev–Trinajstić information content (AvgIpc) is 3.10. The maximum atomic E-state index is 13.5. The highest BCUT2D eigenvalue weighted by molar-refractivity contribution is 5.77. The van der Waals surface area contributed by atoms with E-state index in [9.17, 15) is 4.79 Å². The molecule has 1 amide bonds. The molecule has 0 aliphatic carbocycles. The predicted octanol–water partition coefficient (Wildman–Crippen LogP) is 4.24. The van der Waals surface area contributed by atoms with E-state index in [1.165, 1.54) is 29.5 Å². The van der Waals surface area contributed by atoms with Crippen molar-refractivity contribution < 1.29 is 9.53 Å². The lowest BCUT2D eigenvalue weighted by atomic mass is 9.86. The summed E-state index contributed by atoms with van der Waals surface area (Å²) in [6.07, 6.45) is 6.40. The molecule has 1 N–H and O–H groups in total. The van der Waals surface area contributed by atoms with Gasteiger partial charge in [-0.2, -0.15) is 0 Å². The van der Waals surface area contributed by atoms with Gasteiger partial charge < -0.3 is 15.0 Å². The van der Waals surface area contributed by atoms with Gasteiger partial charge in [-0.05, 0) is 66.8 Å². The van der Waals surface area contributed by atoms with E-state index in [1.807, 2.05) is 12.1 Å². The monoisotopic (exact) mass is 390 g/mol. The van der Waals surface area contributed by atoms with Crippen molar-refractivity contribution in [1.29, 1.82) is 0 Å². The van der Waals surface area contributed by atoms with Crippen molar-refractivity contribution in [3.05, 3.63) is 65.2 Å². The number of hydrogen-bond donors (Lipinski definition) is 1. The molecule has 29 heavy (non-hydrogen) atoms. The lowest BCUT2D eigenvalue weighted by Crippen LogP contribution is -2.42. The highest BCUT2D eigenvalue weighted by Gasteiger charge is 2.37. The molecule has 4 nitrogen and oxygen atoms in total. The van der Waals surface area contributed by atoms with Gasteiger partial charge in [-0.3, -0.25) is 4.79 Å². The van der Waals surface area contributed by atoms with Crippen LogP contribution in [0, 0.1) is 5.92 Å². The van der Waals surface area contributed by atoms with Crippen LogP contribution in [0.3, 0.4) is 0 Å². The minimum absolute atomic E-state index is 0.114. The molecule has 5 rings (SSSR count). The topological polar surface area (TPSA) is 41.6 Å². The van der Waals surface area contributed by atoms with Crippen LogP contribution in [-0.4, -0.2) is 30.0 Å². The van der Waals surface area contributed by atoms with Gasteiger partial charge in [0.1, 0.15) is 5.75 Å². The Kier molecular flexibility index (Phi) is 5.04. The van der Waals surface area contributed by atoms with E-state index >= 15 is 0 Å². The molecule has 0 spiro atoms. The second-order valence-electron chi connectivity index (χ2n) is 8.97. The Morgan fingerprint density at radius 2 is 1.83 bits per heavy atom. The minimum Gasteiger partial charge on any atom is -0.497 e. The number of rotatable bonds is 4. The first-order valence-corrected chi connectivity index (χ1v) is 11.0. The fourth-order valence-corrected chi connectivity index (χ4v) is 5.63. The standard InChI is InChI=1S/C25H30N2O2/c1-29-23-10-7-19-15-24(18-5-3-2-4-6-18)27(16-20(19)14-23)25(28)13-17-11-21-8-9-22(12-17)26-21/h2-7,10,14,17,21-22,24,26H,8-9,11-13,15-16H2,1H3. The van der Waals surface area contributed by atoms with Crippen LogP contribution in [0.25, 0.3) is 0 Å². The minimum atomic E-state index is 0.114. The number of fused-ring (bicyclic) bond motifs is 3. The van der Waals surface area contributed by atoms with Gasteiger partial charge >= 0.3 is 0 Å². The van der Waals surface area contributed by atoms with E-state index in [1.54, 1.807) is 7.11 Å². The Morgan fingerprint density at radius 3 is 2.55 bits per heavy atom. The molecular formula is C25H30N2O2. The van der Waals surface area contributed by atoms with Crippen LogP contribution in [0.1, 0.15) is 54.8 Å². The number of nitrogens with one attached hydrogen (secondary N) is 1. The third kappa shape index (κ3) is 3.78. The summed E-state index contributed by atoms with van der Waals surface area (Å²) in [6.45, 7) is 0.669. The third-order valence-electron chi connectivity index (χ3n) is 7.08. The summed E-state index contributed by atoms with van der Waals surface area (Å²) in [5.74, 6) is 1.69. The van der Waals surface area contributed by atoms with Crippen molar-refractivity contribution in [2.75, 3.05) is 7.11 Å². The fraction of sp³-hybridized carbons (Fsp3) is 0.480. The molecule has 2 fully saturated rings. The van der Waals surface area contributed by atoms with Crippen LogP contribution in [0.5, 0.6) is 5.75 Å². The van der Waals surface area contributed by atoms with Crippen LogP contribution in [-0.2, 0) is 17.8 Å². The Bertz CT molecular complexity index is 870. The summed E-state index contributed by atoms with van der Waals surface area (Å²) in [7, 11) is 1.70. The van der Waals surface area contributed by atoms with Crippen molar-refractivity contribution in [2.24, 2.45) is 5.92 Å². The van der Waals surface area contributed by atoms with Crippen molar-refractivity contribution >= 4 is 5.91 Å². The second-order valence-corrected chi connectivity index (χ2v) is 8.97. The number of hydrogen-bond acceptors (Lipinski definition) is 3. The average molecular weight is 391 g/mol. The number of piperidine rings is 1. The molecule has 2 bridgehead atoms. The number of methoxy groups -OCH3 is 1. The summed E-state index contributed by atoms with van der Waals surface area (Å²) < 4.78 is 5.43. The lowest BCUT2D eigenvalue weighted by molar-refractivity contribution is -0.136. The smallest absolute Gasteiger partial charge is 0.223 e. The summed E-state index contributed by atoms with van der Waals surface area (Å²) >= 11 is 0. The maximum Gasteiger partial charge on any atom is 0.223 e. The zero-order valence-corrected chi connectivity index (χ0v) is 17.1. The molecule has 3 heterocycles. The number of benzene rings is 2. The summed E-state index contributed by atoms with van der Waals surface area (Å²) in [5, 5.41) is 3.69. The highest BCUT2D eigenvalue weighted by atomic mass is 16.5. The molecule has 152 valence electrons. The number of nitrogens with zero attached hydrogens (tertiary/aromatic N) is 1. The Hall–Kier alpha value is -2.33. The number of carbonyl (C=O) groups excluding carboxylic acids is 1. The Labute approximate surface area is 173 Å². The van der Waals surface area contributed by atoms with Crippen molar-refractivity contribution in [1.82, 2.24) is 10.2 Å². The summed E-state index contributed by atoms with van der Waals surface area (Å²) in [4.78, 5) is 15.6. The fourth-order valence-electron chi connectivity index (χ4n) is 5.63. The van der Waals surface area contributed by atoms with Gasteiger partial charge in [0.2, 0.25) is 5.91 Å². The quantitative estimate of drug-likeness (QED) is 0.849. The van der Waals surface area contributed by atoms with E-state index < -0.39 is 0 Å². The maximum absolute atomic E-state index is 13.5. The molecule has 0 radical (unpaired) electrons.